The van der Waals surface area contributed by atoms with Crippen LogP contribution in [0.2, 0.25) is 0 Å². The molecule has 0 atom stereocenters. The minimum atomic E-state index is -4.07. The molecule has 0 aliphatic rings. The van der Waals surface area contributed by atoms with E-state index in [1.807, 2.05) is 0 Å². The molecule has 0 saturated heterocycles. The van der Waals surface area contributed by atoms with Crippen LogP contribution in [0, 0.1) is 0 Å². The second kappa shape index (κ2) is 6.66. The largest absolute Gasteiger partial charge is 0.460 e. The van der Waals surface area contributed by atoms with Gasteiger partial charge in [-0.1, -0.05) is 12.1 Å². The predicted molar refractivity (Wildman–Crippen MR) is 81.9 cm³/mol. The van der Waals surface area contributed by atoms with Crippen molar-refractivity contribution in [3.8, 4) is 0 Å². The fourth-order valence-corrected chi connectivity index (χ4v) is 2.87. The summed E-state index contributed by atoms with van der Waals surface area (Å²) in [5, 5.41) is -0.445. The molecule has 0 aliphatic carbocycles. The van der Waals surface area contributed by atoms with Crippen LogP contribution in [0.1, 0.15) is 34.8 Å². The second-order valence-electron chi connectivity index (χ2n) is 4.55. The predicted octanol–water partition coefficient (Wildman–Crippen LogP) is 2.46. The zero-order valence-corrected chi connectivity index (χ0v) is 13.3. The molecule has 8 heteroatoms. The van der Waals surface area contributed by atoms with Crippen molar-refractivity contribution in [2.45, 2.75) is 18.9 Å². The molecule has 0 unspecified atom stereocenters. The molecule has 0 aliphatic heterocycles. The average molecular weight is 337 g/mol. The van der Waals surface area contributed by atoms with Gasteiger partial charge in [0.2, 0.25) is 10.9 Å². The number of benzene rings is 1. The lowest BCUT2D eigenvalue weighted by Gasteiger charge is -2.09. The number of nitrogens with one attached hydrogen (secondary N) is 1. The van der Waals surface area contributed by atoms with Gasteiger partial charge in [-0.05, 0) is 38.1 Å². The maximum atomic E-state index is 12.3. The fraction of sp³-hybridized carbons (Fsp3) is 0.200. The third-order valence-electron chi connectivity index (χ3n) is 2.87. The van der Waals surface area contributed by atoms with Crippen LogP contribution in [-0.2, 0) is 14.8 Å². The Morgan fingerprint density at radius 3 is 2.52 bits per heavy atom. The molecule has 0 fully saturated rings. The fourth-order valence-electron chi connectivity index (χ4n) is 1.85. The van der Waals surface area contributed by atoms with E-state index in [1.54, 1.807) is 19.1 Å². The zero-order valence-electron chi connectivity index (χ0n) is 12.5. The molecule has 0 bridgehead atoms. The monoisotopic (exact) mass is 337 g/mol. The molecule has 2 rings (SSSR count). The number of sulfonamides is 1. The van der Waals surface area contributed by atoms with Crippen molar-refractivity contribution in [2.75, 3.05) is 11.3 Å². The van der Waals surface area contributed by atoms with E-state index in [0.29, 0.717) is 0 Å². The Morgan fingerprint density at radius 1 is 1.17 bits per heavy atom. The molecule has 0 radical (unpaired) electrons. The second-order valence-corrected chi connectivity index (χ2v) is 6.16. The van der Waals surface area contributed by atoms with Crippen LogP contribution in [0.5, 0.6) is 0 Å². The van der Waals surface area contributed by atoms with Crippen molar-refractivity contribution < 1.29 is 27.2 Å². The Labute approximate surface area is 133 Å². The van der Waals surface area contributed by atoms with Gasteiger partial charge in [0, 0.05) is 5.56 Å². The van der Waals surface area contributed by atoms with Crippen molar-refractivity contribution in [2.24, 2.45) is 0 Å². The summed E-state index contributed by atoms with van der Waals surface area (Å²) in [4.78, 5) is 23.0. The molecule has 23 heavy (non-hydrogen) atoms. The molecule has 7 nitrogen and oxygen atoms in total. The normalized spacial score (nSPS) is 11.0. The van der Waals surface area contributed by atoms with Crippen LogP contribution in [-0.4, -0.2) is 26.8 Å². The minimum absolute atomic E-state index is 0.133. The molecule has 1 aromatic heterocycles. The van der Waals surface area contributed by atoms with E-state index in [9.17, 15) is 18.0 Å². The number of esters is 1. The number of carbonyl (C=O) groups is 2. The van der Waals surface area contributed by atoms with Gasteiger partial charge in [0.05, 0.1) is 12.3 Å². The van der Waals surface area contributed by atoms with Crippen molar-refractivity contribution >= 4 is 27.5 Å². The summed E-state index contributed by atoms with van der Waals surface area (Å²) in [6.45, 7) is 3.10. The highest BCUT2D eigenvalue weighted by atomic mass is 32.2. The number of hydrogen-bond donors (Lipinski definition) is 1. The third-order valence-corrected chi connectivity index (χ3v) is 4.11. The van der Waals surface area contributed by atoms with Crippen LogP contribution in [0.25, 0.3) is 0 Å². The highest BCUT2D eigenvalue weighted by Crippen LogP contribution is 2.22. The Balaban J connectivity index is 2.30. The Hall–Kier alpha value is -2.61. The SMILES string of the molecule is CCOC(=O)c1ccc(S(=O)(=O)Nc2ccccc2C(C)=O)o1. The van der Waals surface area contributed by atoms with Gasteiger partial charge >= 0.3 is 5.97 Å². The van der Waals surface area contributed by atoms with Gasteiger partial charge in [0.25, 0.3) is 10.0 Å². The van der Waals surface area contributed by atoms with E-state index in [-0.39, 0.29) is 29.4 Å². The van der Waals surface area contributed by atoms with Crippen LogP contribution in [0.3, 0.4) is 0 Å². The summed E-state index contributed by atoms with van der Waals surface area (Å²) < 4.78 is 36.6. The third kappa shape index (κ3) is 3.78. The summed E-state index contributed by atoms with van der Waals surface area (Å²) in [5.74, 6) is -1.25. The van der Waals surface area contributed by atoms with Gasteiger partial charge in [-0.15, -0.1) is 0 Å². The van der Waals surface area contributed by atoms with Crippen molar-refractivity contribution in [3.05, 3.63) is 47.7 Å². The molecule has 1 N–H and O–H groups in total. The molecule has 1 aromatic carbocycles. The molecule has 1 heterocycles. The standard InChI is InChI=1S/C15H15NO6S/c1-3-21-15(18)13-8-9-14(22-13)23(19,20)16-12-7-5-4-6-11(12)10(2)17/h4-9,16H,3H2,1-2H3. The van der Waals surface area contributed by atoms with Crippen molar-refractivity contribution in [3.63, 3.8) is 0 Å². The molecule has 0 amide bonds. The van der Waals surface area contributed by atoms with E-state index in [0.717, 1.165) is 6.07 Å². The number of anilines is 1. The Morgan fingerprint density at radius 2 is 1.87 bits per heavy atom. The Bertz CT molecular complexity index is 837. The highest BCUT2D eigenvalue weighted by molar-refractivity contribution is 7.92. The number of hydrogen-bond acceptors (Lipinski definition) is 6. The summed E-state index contributed by atoms with van der Waals surface area (Å²) >= 11 is 0. The first-order valence-corrected chi connectivity index (χ1v) is 8.23. The minimum Gasteiger partial charge on any atom is -0.460 e. The van der Waals surface area contributed by atoms with Gasteiger partial charge in [-0.25, -0.2) is 4.79 Å². The summed E-state index contributed by atoms with van der Waals surface area (Å²) in [7, 11) is -4.07. The lowest BCUT2D eigenvalue weighted by atomic mass is 10.1. The summed E-state index contributed by atoms with van der Waals surface area (Å²) in [6, 6.07) is 8.54. The van der Waals surface area contributed by atoms with Crippen LogP contribution in [0.15, 0.2) is 45.9 Å². The lowest BCUT2D eigenvalue weighted by Crippen LogP contribution is -2.14. The number of furan rings is 1. The average Bonchev–Trinajstić information content (AvgIpc) is 2.98. The number of para-hydroxylation sites is 1. The number of carbonyl (C=O) groups excluding carboxylic acids is 2. The maximum Gasteiger partial charge on any atom is 0.374 e. The van der Waals surface area contributed by atoms with Gasteiger partial charge in [0.15, 0.2) is 5.78 Å². The van der Waals surface area contributed by atoms with Gasteiger partial charge in [0.1, 0.15) is 0 Å². The first-order valence-electron chi connectivity index (χ1n) is 6.75. The lowest BCUT2D eigenvalue weighted by molar-refractivity contribution is 0.0484. The molecule has 2 aromatic rings. The molecule has 122 valence electrons. The smallest absolute Gasteiger partial charge is 0.374 e. The highest BCUT2D eigenvalue weighted by Gasteiger charge is 2.23. The quantitative estimate of drug-likeness (QED) is 0.641. The maximum absolute atomic E-state index is 12.3. The van der Waals surface area contributed by atoms with E-state index in [1.165, 1.54) is 25.1 Å². The van der Waals surface area contributed by atoms with Crippen molar-refractivity contribution in [1.82, 2.24) is 0 Å². The zero-order chi connectivity index (χ0) is 17.0. The number of Topliss-reactive ketones (excluding diaryl/α,β-unsaturated/α-hetero) is 1. The molecule has 0 saturated carbocycles. The number of ketones is 1. The molecule has 0 spiro atoms. The first-order chi connectivity index (χ1) is 10.8. The first kappa shape index (κ1) is 16.8. The topological polar surface area (TPSA) is 103 Å². The Kier molecular flexibility index (Phi) is 4.85. The van der Waals surface area contributed by atoms with Crippen molar-refractivity contribution in [1.29, 1.82) is 0 Å². The van der Waals surface area contributed by atoms with E-state index in [4.69, 9.17) is 9.15 Å². The summed E-state index contributed by atoms with van der Waals surface area (Å²) in [5.41, 5.74) is 0.363. The molecular weight excluding hydrogens is 322 g/mol. The van der Waals surface area contributed by atoms with Crippen LogP contribution in [0.4, 0.5) is 5.69 Å². The van der Waals surface area contributed by atoms with Gasteiger partial charge in [-0.2, -0.15) is 8.42 Å². The number of rotatable bonds is 6. The van der Waals surface area contributed by atoms with Crippen LogP contribution < -0.4 is 4.72 Å². The molecular formula is C15H15NO6S. The summed E-state index contributed by atoms with van der Waals surface area (Å²) in [6.07, 6.45) is 0. The van der Waals surface area contributed by atoms with E-state index in [2.05, 4.69) is 4.72 Å². The van der Waals surface area contributed by atoms with Gasteiger partial charge in [-0.3, -0.25) is 9.52 Å². The van der Waals surface area contributed by atoms with E-state index < -0.39 is 21.1 Å². The van der Waals surface area contributed by atoms with Crippen LogP contribution >= 0.6 is 0 Å². The number of ether oxygens (including phenoxy) is 1. The van der Waals surface area contributed by atoms with Gasteiger partial charge < -0.3 is 9.15 Å². The van der Waals surface area contributed by atoms with E-state index >= 15 is 0 Å².